The van der Waals surface area contributed by atoms with Gasteiger partial charge in [0.1, 0.15) is 13.2 Å². The van der Waals surface area contributed by atoms with E-state index in [1.165, 1.54) is 0 Å². The summed E-state index contributed by atoms with van der Waals surface area (Å²) in [6.45, 7) is 2.54. The number of rotatable bonds is 6. The fourth-order valence-corrected chi connectivity index (χ4v) is 3.17. The van der Waals surface area contributed by atoms with E-state index in [0.717, 1.165) is 24.3 Å². The second-order valence-electron chi connectivity index (χ2n) is 6.77. The van der Waals surface area contributed by atoms with Gasteiger partial charge >= 0.3 is 0 Å². The number of hydrogen-bond acceptors (Lipinski definition) is 5. The Hall–Kier alpha value is -3.32. The van der Waals surface area contributed by atoms with Crippen LogP contribution in [-0.2, 0) is 13.1 Å². The van der Waals surface area contributed by atoms with Crippen molar-refractivity contribution in [2.75, 3.05) is 25.6 Å². The topological polar surface area (TPSA) is 79.5 Å². The Bertz CT molecular complexity index is 956. The molecule has 144 valence electrons. The Morgan fingerprint density at radius 2 is 1.96 bits per heavy atom. The monoisotopic (exact) mass is 378 g/mol. The first-order valence-corrected chi connectivity index (χ1v) is 9.14. The number of ether oxygens (including phenoxy) is 2. The van der Waals surface area contributed by atoms with Crippen LogP contribution < -0.4 is 14.8 Å². The second-order valence-corrected chi connectivity index (χ2v) is 6.77. The molecule has 0 aliphatic carbocycles. The average Bonchev–Trinajstić information content (AvgIpc) is 3.21. The number of nitrogens with zero attached hydrogens (tertiary/aromatic N) is 2. The van der Waals surface area contributed by atoms with Gasteiger partial charge in [-0.3, -0.25) is 14.8 Å². The van der Waals surface area contributed by atoms with Crippen molar-refractivity contribution in [1.29, 1.82) is 0 Å². The molecule has 2 heterocycles. The van der Waals surface area contributed by atoms with Crippen molar-refractivity contribution in [2.24, 2.45) is 0 Å². The zero-order valence-corrected chi connectivity index (χ0v) is 15.6. The van der Waals surface area contributed by atoms with Crippen molar-refractivity contribution >= 4 is 11.6 Å². The number of amides is 1. The molecule has 2 aromatic carbocycles. The Labute approximate surface area is 163 Å². The average molecular weight is 378 g/mol. The minimum atomic E-state index is -0.158. The third-order valence-electron chi connectivity index (χ3n) is 4.44. The van der Waals surface area contributed by atoms with Gasteiger partial charge in [-0.05, 0) is 42.9 Å². The van der Waals surface area contributed by atoms with Crippen LogP contribution in [-0.4, -0.2) is 41.3 Å². The number of anilines is 1. The summed E-state index contributed by atoms with van der Waals surface area (Å²) in [4.78, 5) is 14.8. The van der Waals surface area contributed by atoms with Gasteiger partial charge in [0.05, 0.1) is 0 Å². The molecule has 0 saturated heterocycles. The molecule has 0 unspecified atom stereocenters. The van der Waals surface area contributed by atoms with Gasteiger partial charge in [0.15, 0.2) is 11.5 Å². The lowest BCUT2D eigenvalue weighted by atomic mass is 10.1. The van der Waals surface area contributed by atoms with Crippen LogP contribution in [0.15, 0.2) is 54.7 Å². The van der Waals surface area contributed by atoms with E-state index < -0.39 is 0 Å². The van der Waals surface area contributed by atoms with Gasteiger partial charge < -0.3 is 14.8 Å². The standard InChI is InChI=1S/C21H22N4O3/c1-25(14-18-7-8-22-24-18)13-15-3-2-4-16(11-15)21(26)23-17-5-6-19-20(12-17)28-10-9-27-19/h2-8,11-12H,9-10,13-14H2,1H3,(H,22,24)(H,23,26). The molecule has 3 aromatic rings. The third kappa shape index (κ3) is 4.32. The fourth-order valence-electron chi connectivity index (χ4n) is 3.17. The zero-order chi connectivity index (χ0) is 19.3. The SMILES string of the molecule is CN(Cc1cccc(C(=O)Nc2ccc3c(c2)OCCO3)c1)Cc1ccn[nH]1. The molecule has 1 amide bonds. The summed E-state index contributed by atoms with van der Waals surface area (Å²) < 4.78 is 11.1. The number of carbonyl (C=O) groups is 1. The van der Waals surface area contributed by atoms with E-state index in [2.05, 4.69) is 20.4 Å². The van der Waals surface area contributed by atoms with Gasteiger partial charge in [0, 0.05) is 42.3 Å². The molecule has 7 heteroatoms. The maximum atomic E-state index is 12.7. The van der Waals surface area contributed by atoms with E-state index in [4.69, 9.17) is 9.47 Å². The second kappa shape index (κ2) is 8.14. The highest BCUT2D eigenvalue weighted by atomic mass is 16.6. The number of hydrogen-bond donors (Lipinski definition) is 2. The highest BCUT2D eigenvalue weighted by Gasteiger charge is 2.14. The molecule has 0 saturated carbocycles. The van der Waals surface area contributed by atoms with Crippen molar-refractivity contribution in [3.05, 3.63) is 71.5 Å². The highest BCUT2D eigenvalue weighted by Crippen LogP contribution is 2.32. The van der Waals surface area contributed by atoms with Crippen LogP contribution in [0.2, 0.25) is 0 Å². The smallest absolute Gasteiger partial charge is 0.255 e. The first-order valence-electron chi connectivity index (χ1n) is 9.14. The molecule has 1 aliphatic heterocycles. The molecule has 4 rings (SSSR count). The summed E-state index contributed by atoms with van der Waals surface area (Å²) >= 11 is 0. The van der Waals surface area contributed by atoms with Gasteiger partial charge in [0.2, 0.25) is 0 Å². The van der Waals surface area contributed by atoms with Gasteiger partial charge in [-0.2, -0.15) is 5.10 Å². The van der Waals surface area contributed by atoms with Gasteiger partial charge in [-0.15, -0.1) is 0 Å². The summed E-state index contributed by atoms with van der Waals surface area (Å²) in [7, 11) is 2.03. The van der Waals surface area contributed by atoms with E-state index in [1.807, 2.05) is 49.5 Å². The lowest BCUT2D eigenvalue weighted by Crippen LogP contribution is -2.18. The van der Waals surface area contributed by atoms with Crippen LogP contribution in [0.25, 0.3) is 0 Å². The molecule has 2 N–H and O–H groups in total. The van der Waals surface area contributed by atoms with Crippen LogP contribution in [0.1, 0.15) is 21.6 Å². The number of H-pyrrole nitrogens is 1. The van der Waals surface area contributed by atoms with Crippen molar-refractivity contribution in [1.82, 2.24) is 15.1 Å². The number of nitrogens with one attached hydrogen (secondary N) is 2. The normalized spacial score (nSPS) is 12.8. The number of fused-ring (bicyclic) bond motifs is 1. The van der Waals surface area contributed by atoms with Gasteiger partial charge in [0.25, 0.3) is 5.91 Å². The summed E-state index contributed by atoms with van der Waals surface area (Å²) in [5.41, 5.74) is 3.41. The molecule has 0 spiro atoms. The molecule has 1 aromatic heterocycles. The predicted molar refractivity (Wildman–Crippen MR) is 106 cm³/mol. The Morgan fingerprint density at radius 1 is 1.11 bits per heavy atom. The molecule has 28 heavy (non-hydrogen) atoms. The molecule has 0 bridgehead atoms. The lowest BCUT2D eigenvalue weighted by Gasteiger charge is -2.19. The molecular formula is C21H22N4O3. The van der Waals surface area contributed by atoms with Crippen molar-refractivity contribution in [3.63, 3.8) is 0 Å². The third-order valence-corrected chi connectivity index (χ3v) is 4.44. The van der Waals surface area contributed by atoms with Gasteiger partial charge in [-0.1, -0.05) is 12.1 Å². The molecule has 0 fully saturated rings. The lowest BCUT2D eigenvalue weighted by molar-refractivity contribution is 0.102. The zero-order valence-electron chi connectivity index (χ0n) is 15.6. The Balaban J connectivity index is 1.41. The van der Waals surface area contributed by atoms with E-state index in [1.54, 1.807) is 12.3 Å². The van der Waals surface area contributed by atoms with E-state index in [0.29, 0.717) is 36.0 Å². The fraction of sp³-hybridized carbons (Fsp3) is 0.238. The van der Waals surface area contributed by atoms with Crippen molar-refractivity contribution in [3.8, 4) is 11.5 Å². The molecular weight excluding hydrogens is 356 g/mol. The maximum Gasteiger partial charge on any atom is 0.255 e. The largest absolute Gasteiger partial charge is 0.486 e. The molecule has 0 atom stereocenters. The number of aromatic amines is 1. The first kappa shape index (κ1) is 18.1. The van der Waals surface area contributed by atoms with Crippen LogP contribution in [0.5, 0.6) is 11.5 Å². The van der Waals surface area contributed by atoms with Crippen molar-refractivity contribution in [2.45, 2.75) is 13.1 Å². The van der Waals surface area contributed by atoms with Crippen LogP contribution in [0.4, 0.5) is 5.69 Å². The molecule has 7 nitrogen and oxygen atoms in total. The van der Waals surface area contributed by atoms with Crippen LogP contribution in [0.3, 0.4) is 0 Å². The van der Waals surface area contributed by atoms with Crippen LogP contribution in [0, 0.1) is 0 Å². The number of aromatic nitrogens is 2. The number of carbonyl (C=O) groups excluding carboxylic acids is 1. The summed E-state index contributed by atoms with van der Waals surface area (Å²) in [6.07, 6.45) is 1.74. The number of benzene rings is 2. The first-order chi connectivity index (χ1) is 13.7. The van der Waals surface area contributed by atoms with Gasteiger partial charge in [-0.25, -0.2) is 0 Å². The predicted octanol–water partition coefficient (Wildman–Crippen LogP) is 3.07. The summed E-state index contributed by atoms with van der Waals surface area (Å²) in [6, 6.07) is 15.0. The Morgan fingerprint density at radius 3 is 2.79 bits per heavy atom. The summed E-state index contributed by atoms with van der Waals surface area (Å²) in [5.74, 6) is 1.19. The van der Waals surface area contributed by atoms with E-state index >= 15 is 0 Å². The van der Waals surface area contributed by atoms with Crippen molar-refractivity contribution < 1.29 is 14.3 Å². The van der Waals surface area contributed by atoms with Crippen LogP contribution >= 0.6 is 0 Å². The molecule has 0 radical (unpaired) electrons. The molecule has 1 aliphatic rings. The minimum Gasteiger partial charge on any atom is -0.486 e. The Kier molecular flexibility index (Phi) is 5.25. The maximum absolute atomic E-state index is 12.7. The summed E-state index contributed by atoms with van der Waals surface area (Å²) in [5, 5.41) is 9.85. The van der Waals surface area contributed by atoms with E-state index in [9.17, 15) is 4.79 Å². The quantitative estimate of drug-likeness (QED) is 0.689. The highest BCUT2D eigenvalue weighted by molar-refractivity contribution is 6.04. The van der Waals surface area contributed by atoms with E-state index in [-0.39, 0.29) is 5.91 Å². The minimum absolute atomic E-state index is 0.158.